The summed E-state index contributed by atoms with van der Waals surface area (Å²) in [5, 5.41) is 14.5. The topological polar surface area (TPSA) is 131 Å². The van der Waals surface area contributed by atoms with Crippen molar-refractivity contribution < 1.29 is 33.8 Å². The van der Waals surface area contributed by atoms with E-state index in [2.05, 4.69) is 10.6 Å². The molecule has 0 radical (unpaired) electrons. The molecule has 0 saturated carbocycles. The van der Waals surface area contributed by atoms with Gasteiger partial charge in [0.05, 0.1) is 18.4 Å². The molecule has 214 valence electrons. The molecule has 4 atom stereocenters. The number of hydrogen-bond acceptors (Lipinski definition) is 7. The van der Waals surface area contributed by atoms with Crippen LogP contribution < -0.4 is 10.6 Å². The van der Waals surface area contributed by atoms with E-state index in [0.29, 0.717) is 19.3 Å². The molecule has 2 aromatic carbocycles. The Morgan fingerprint density at radius 1 is 1.02 bits per heavy atom. The van der Waals surface area contributed by atoms with E-state index in [0.717, 1.165) is 11.1 Å². The van der Waals surface area contributed by atoms with Gasteiger partial charge in [0.25, 0.3) is 0 Å². The third kappa shape index (κ3) is 10.3. The number of esters is 2. The molecule has 1 aliphatic heterocycles. The molecule has 0 spiro atoms. The summed E-state index contributed by atoms with van der Waals surface area (Å²) in [6, 6.07) is 17.0. The highest BCUT2D eigenvalue weighted by Gasteiger charge is 2.30. The molecule has 0 saturated heterocycles. The smallest absolute Gasteiger partial charge is 0.332 e. The number of carbonyl (C=O) groups is 4. The highest BCUT2D eigenvalue weighted by Crippen LogP contribution is 2.19. The predicted octanol–water partition coefficient (Wildman–Crippen LogP) is 2.86. The molecule has 0 unspecified atom stereocenters. The number of nitrogens with one attached hydrogen (secondary N) is 2. The van der Waals surface area contributed by atoms with Gasteiger partial charge in [-0.3, -0.25) is 14.4 Å². The maximum absolute atomic E-state index is 13.3. The maximum Gasteiger partial charge on any atom is 0.332 e. The molecule has 0 aliphatic carbocycles. The summed E-state index contributed by atoms with van der Waals surface area (Å²) in [6.45, 7) is 1.02. The molecule has 40 heavy (non-hydrogen) atoms. The van der Waals surface area contributed by atoms with Crippen molar-refractivity contribution in [3.8, 4) is 0 Å². The molecule has 0 aromatic heterocycles. The van der Waals surface area contributed by atoms with Crippen LogP contribution in [0, 0.1) is 11.8 Å². The number of cyclic esters (lactones) is 1. The van der Waals surface area contributed by atoms with E-state index in [1.165, 1.54) is 0 Å². The number of aliphatic hydroxyl groups excluding tert-OH is 1. The first-order valence-electron chi connectivity index (χ1n) is 13.6. The fourth-order valence-electron chi connectivity index (χ4n) is 4.33. The fraction of sp³-hybridized carbons (Fsp3) is 0.419. The van der Waals surface area contributed by atoms with Gasteiger partial charge in [-0.15, -0.1) is 0 Å². The monoisotopic (exact) mass is 550 g/mol. The van der Waals surface area contributed by atoms with E-state index in [1.54, 1.807) is 19.1 Å². The summed E-state index contributed by atoms with van der Waals surface area (Å²) in [7, 11) is 0. The lowest BCUT2D eigenvalue weighted by atomic mass is 9.94. The van der Waals surface area contributed by atoms with Gasteiger partial charge in [0.2, 0.25) is 11.8 Å². The zero-order valence-corrected chi connectivity index (χ0v) is 22.8. The van der Waals surface area contributed by atoms with Crippen LogP contribution in [0.25, 0.3) is 0 Å². The SMILES string of the molecule is C[C@H](CO)NC(=O)C[C@H]1CC=CCC[C@H](Cc2ccccc2)C(=O)OC[C@H](C(=O)OCc2ccccc2)NC1=O. The minimum Gasteiger partial charge on any atom is -0.463 e. The number of carbonyl (C=O) groups excluding carboxylic acids is 4. The first kappa shape index (κ1) is 30.6. The van der Waals surface area contributed by atoms with Crippen LogP contribution in [-0.4, -0.2) is 54.2 Å². The van der Waals surface area contributed by atoms with Gasteiger partial charge in [-0.1, -0.05) is 72.8 Å². The molecule has 1 heterocycles. The van der Waals surface area contributed by atoms with Crippen LogP contribution in [0.3, 0.4) is 0 Å². The van der Waals surface area contributed by atoms with Gasteiger partial charge < -0.3 is 25.2 Å². The van der Waals surface area contributed by atoms with E-state index >= 15 is 0 Å². The van der Waals surface area contributed by atoms with Crippen molar-refractivity contribution in [1.29, 1.82) is 0 Å². The Kier molecular flexibility index (Phi) is 12.4. The number of allylic oxidation sites excluding steroid dienone is 2. The van der Waals surface area contributed by atoms with Crippen molar-refractivity contribution in [2.75, 3.05) is 13.2 Å². The number of amides is 2. The van der Waals surface area contributed by atoms with Crippen molar-refractivity contribution in [3.63, 3.8) is 0 Å². The molecule has 0 bridgehead atoms. The second-order valence-corrected chi connectivity index (χ2v) is 10.0. The van der Waals surface area contributed by atoms with Crippen molar-refractivity contribution in [1.82, 2.24) is 10.6 Å². The Balaban J connectivity index is 1.77. The summed E-state index contributed by atoms with van der Waals surface area (Å²) in [5.74, 6) is -3.34. The van der Waals surface area contributed by atoms with E-state index < -0.39 is 54.3 Å². The second-order valence-electron chi connectivity index (χ2n) is 10.0. The standard InChI is InChI=1S/C31H38N2O7/c1-22(19-34)32-28(35)18-25-15-9-4-10-16-26(17-23-11-5-2-6-12-23)30(37)40-21-27(33-29(25)36)31(38)39-20-24-13-7-3-8-14-24/h2-9,11-14,22,25-27,34H,10,15-21H2,1H3,(H,32,35)(H,33,36)/t22-,25-,26-,27-/m1/s1. The van der Waals surface area contributed by atoms with E-state index in [9.17, 15) is 24.3 Å². The van der Waals surface area contributed by atoms with E-state index in [4.69, 9.17) is 9.47 Å². The van der Waals surface area contributed by atoms with Crippen LogP contribution in [0.5, 0.6) is 0 Å². The molecule has 3 N–H and O–H groups in total. The van der Waals surface area contributed by atoms with E-state index in [1.807, 2.05) is 60.7 Å². The molecule has 1 aliphatic rings. The lowest BCUT2D eigenvalue weighted by Gasteiger charge is -2.22. The van der Waals surface area contributed by atoms with Crippen LogP contribution in [0.1, 0.15) is 43.7 Å². The Bertz CT molecular complexity index is 1140. The fourth-order valence-corrected chi connectivity index (χ4v) is 4.33. The quantitative estimate of drug-likeness (QED) is 0.323. The zero-order valence-electron chi connectivity index (χ0n) is 22.8. The first-order chi connectivity index (χ1) is 19.4. The minimum atomic E-state index is -1.25. The zero-order chi connectivity index (χ0) is 28.7. The Morgan fingerprint density at radius 3 is 2.38 bits per heavy atom. The Hall–Kier alpha value is -3.98. The minimum absolute atomic E-state index is 0.00968. The van der Waals surface area contributed by atoms with Crippen LogP contribution in [0.4, 0.5) is 0 Å². The molecule has 9 heteroatoms. The maximum atomic E-state index is 13.3. The average molecular weight is 551 g/mol. The van der Waals surface area contributed by atoms with Gasteiger partial charge in [0.15, 0.2) is 6.04 Å². The molecule has 2 amide bonds. The van der Waals surface area contributed by atoms with Crippen molar-refractivity contribution in [2.45, 2.75) is 57.7 Å². The summed E-state index contributed by atoms with van der Waals surface area (Å²) in [5.41, 5.74) is 1.76. The van der Waals surface area contributed by atoms with Gasteiger partial charge in [-0.05, 0) is 43.7 Å². The number of aliphatic hydroxyl groups is 1. The normalized spacial score (nSPS) is 21.0. The molecular formula is C31H38N2O7. The van der Waals surface area contributed by atoms with Gasteiger partial charge >= 0.3 is 11.9 Å². The number of benzene rings is 2. The second kappa shape index (κ2) is 16.2. The Morgan fingerprint density at radius 2 is 1.70 bits per heavy atom. The summed E-state index contributed by atoms with van der Waals surface area (Å²) < 4.78 is 11.0. The number of hydrogen-bond donors (Lipinski definition) is 3. The highest BCUT2D eigenvalue weighted by atomic mass is 16.6. The summed E-state index contributed by atoms with van der Waals surface area (Å²) in [4.78, 5) is 51.9. The summed E-state index contributed by atoms with van der Waals surface area (Å²) >= 11 is 0. The van der Waals surface area contributed by atoms with Crippen molar-refractivity contribution in [2.24, 2.45) is 11.8 Å². The molecule has 9 nitrogen and oxygen atoms in total. The van der Waals surface area contributed by atoms with Gasteiger partial charge in [0, 0.05) is 12.5 Å². The molecule has 3 rings (SSSR count). The number of ether oxygens (including phenoxy) is 2. The lowest BCUT2D eigenvalue weighted by molar-refractivity contribution is -0.157. The van der Waals surface area contributed by atoms with Crippen molar-refractivity contribution in [3.05, 3.63) is 83.9 Å². The van der Waals surface area contributed by atoms with Crippen LogP contribution in [0.15, 0.2) is 72.8 Å². The molecular weight excluding hydrogens is 512 g/mol. The van der Waals surface area contributed by atoms with Crippen molar-refractivity contribution >= 4 is 23.8 Å². The summed E-state index contributed by atoms with van der Waals surface area (Å²) in [6.07, 6.45) is 5.42. The highest BCUT2D eigenvalue weighted by molar-refractivity contribution is 5.89. The Labute approximate surface area is 234 Å². The first-order valence-corrected chi connectivity index (χ1v) is 13.6. The molecule has 0 fully saturated rings. The van der Waals surface area contributed by atoms with Crippen LogP contribution in [-0.2, 0) is 41.7 Å². The van der Waals surface area contributed by atoms with Gasteiger partial charge in [-0.2, -0.15) is 0 Å². The average Bonchev–Trinajstić information content (AvgIpc) is 2.97. The van der Waals surface area contributed by atoms with Gasteiger partial charge in [0.1, 0.15) is 13.2 Å². The molecule has 2 aromatic rings. The lowest BCUT2D eigenvalue weighted by Crippen LogP contribution is -2.48. The number of rotatable bonds is 9. The third-order valence-corrected chi connectivity index (χ3v) is 6.63. The van der Waals surface area contributed by atoms with Crippen LogP contribution in [0.2, 0.25) is 0 Å². The van der Waals surface area contributed by atoms with E-state index in [-0.39, 0.29) is 26.1 Å². The van der Waals surface area contributed by atoms with Crippen LogP contribution >= 0.6 is 0 Å². The largest absolute Gasteiger partial charge is 0.463 e. The van der Waals surface area contributed by atoms with Gasteiger partial charge in [-0.25, -0.2) is 4.79 Å². The third-order valence-electron chi connectivity index (χ3n) is 6.63. The predicted molar refractivity (Wildman–Crippen MR) is 149 cm³/mol.